The molecule has 0 radical (unpaired) electrons. The molecule has 1 heterocycles. The first-order valence-corrected chi connectivity index (χ1v) is 6.67. The van der Waals surface area contributed by atoms with Gasteiger partial charge in [0.1, 0.15) is 0 Å². The first kappa shape index (κ1) is 13.8. The molecular weight excluding hydrogens is 246 g/mol. The van der Waals surface area contributed by atoms with Crippen molar-refractivity contribution in [3.63, 3.8) is 0 Å². The lowest BCUT2D eigenvalue weighted by Gasteiger charge is -2.42. The van der Waals surface area contributed by atoms with Crippen molar-refractivity contribution >= 4 is 17.8 Å². The van der Waals surface area contributed by atoms with Gasteiger partial charge in [-0.1, -0.05) is 19.3 Å². The highest BCUT2D eigenvalue weighted by Gasteiger charge is 2.49. The lowest BCUT2D eigenvalue weighted by molar-refractivity contribution is -0.151. The zero-order valence-corrected chi connectivity index (χ0v) is 11.4. The molecule has 0 aromatic heterocycles. The van der Waals surface area contributed by atoms with Gasteiger partial charge in [-0.15, -0.1) is 0 Å². The number of rotatable bonds is 3. The van der Waals surface area contributed by atoms with Crippen LogP contribution in [0.25, 0.3) is 0 Å². The highest BCUT2D eigenvalue weighted by molar-refractivity contribution is 6.19. The summed E-state index contributed by atoms with van der Waals surface area (Å²) < 4.78 is 0. The summed E-state index contributed by atoms with van der Waals surface area (Å²) in [7, 11) is 0. The van der Waals surface area contributed by atoms with Gasteiger partial charge < -0.3 is 5.11 Å². The van der Waals surface area contributed by atoms with Crippen molar-refractivity contribution in [2.45, 2.75) is 57.9 Å². The second kappa shape index (κ2) is 4.79. The topological polar surface area (TPSA) is 74.7 Å². The second-order valence-corrected chi connectivity index (χ2v) is 5.55. The average molecular weight is 265 g/mol. The normalized spacial score (nSPS) is 23.2. The van der Waals surface area contributed by atoms with Gasteiger partial charge in [0.2, 0.25) is 0 Å². The molecule has 1 N–H and O–H groups in total. The molecule has 0 spiro atoms. The predicted molar refractivity (Wildman–Crippen MR) is 68.3 cm³/mol. The zero-order valence-electron chi connectivity index (χ0n) is 11.4. The van der Waals surface area contributed by atoms with Crippen LogP contribution >= 0.6 is 0 Å². The van der Waals surface area contributed by atoms with E-state index in [0.717, 1.165) is 19.3 Å². The molecule has 0 atom stereocenters. The molecule has 0 saturated heterocycles. The number of carbonyl (C=O) groups excluding carboxylic acids is 2. The van der Waals surface area contributed by atoms with Crippen LogP contribution in [0.2, 0.25) is 0 Å². The molecule has 2 rings (SSSR count). The molecule has 19 heavy (non-hydrogen) atoms. The Labute approximate surface area is 112 Å². The van der Waals surface area contributed by atoms with E-state index in [9.17, 15) is 14.4 Å². The number of aliphatic carboxylic acids is 1. The third-order valence-electron chi connectivity index (χ3n) is 4.35. The molecule has 1 saturated carbocycles. The van der Waals surface area contributed by atoms with Crippen LogP contribution in [-0.2, 0) is 14.4 Å². The molecule has 2 amide bonds. The van der Waals surface area contributed by atoms with Crippen LogP contribution in [0, 0.1) is 0 Å². The lowest BCUT2D eigenvalue weighted by atomic mass is 9.77. The maximum Gasteiger partial charge on any atom is 0.305 e. The Morgan fingerprint density at radius 1 is 1.11 bits per heavy atom. The Hall–Kier alpha value is -1.65. The summed E-state index contributed by atoms with van der Waals surface area (Å²) in [6.45, 7) is 3.26. The highest BCUT2D eigenvalue weighted by Crippen LogP contribution is 2.40. The van der Waals surface area contributed by atoms with Gasteiger partial charge in [0, 0.05) is 11.1 Å². The van der Waals surface area contributed by atoms with Crippen molar-refractivity contribution in [1.29, 1.82) is 0 Å². The van der Waals surface area contributed by atoms with E-state index in [1.165, 1.54) is 4.90 Å². The van der Waals surface area contributed by atoms with Crippen LogP contribution in [-0.4, -0.2) is 33.3 Å². The number of hydrogen-bond acceptors (Lipinski definition) is 3. The van der Waals surface area contributed by atoms with E-state index in [1.807, 2.05) is 0 Å². The number of hydrogen-bond donors (Lipinski definition) is 1. The Morgan fingerprint density at radius 2 is 1.58 bits per heavy atom. The van der Waals surface area contributed by atoms with E-state index < -0.39 is 11.5 Å². The van der Waals surface area contributed by atoms with Gasteiger partial charge in [-0.2, -0.15) is 0 Å². The van der Waals surface area contributed by atoms with Crippen LogP contribution < -0.4 is 0 Å². The minimum atomic E-state index is -0.954. The quantitative estimate of drug-likeness (QED) is 0.790. The molecule has 1 fully saturated rings. The third-order valence-corrected chi connectivity index (χ3v) is 4.35. The molecule has 0 unspecified atom stereocenters. The van der Waals surface area contributed by atoms with Crippen molar-refractivity contribution in [3.05, 3.63) is 11.1 Å². The van der Waals surface area contributed by atoms with Crippen molar-refractivity contribution in [2.75, 3.05) is 0 Å². The van der Waals surface area contributed by atoms with E-state index in [-0.39, 0.29) is 18.2 Å². The molecule has 5 heteroatoms. The maximum absolute atomic E-state index is 12.3. The number of imide groups is 1. The van der Waals surface area contributed by atoms with Gasteiger partial charge in [0.05, 0.1) is 12.0 Å². The van der Waals surface area contributed by atoms with E-state index in [4.69, 9.17) is 5.11 Å². The molecule has 5 nitrogen and oxygen atoms in total. The van der Waals surface area contributed by atoms with E-state index >= 15 is 0 Å². The molecule has 0 aromatic carbocycles. The maximum atomic E-state index is 12.3. The first-order valence-electron chi connectivity index (χ1n) is 6.67. The van der Waals surface area contributed by atoms with Crippen LogP contribution in [0.4, 0.5) is 0 Å². The second-order valence-electron chi connectivity index (χ2n) is 5.55. The Bertz CT molecular complexity index is 448. The minimum Gasteiger partial charge on any atom is -0.481 e. The summed E-state index contributed by atoms with van der Waals surface area (Å²) in [4.78, 5) is 36.9. The van der Waals surface area contributed by atoms with Gasteiger partial charge in [0.15, 0.2) is 0 Å². The summed E-state index contributed by atoms with van der Waals surface area (Å²) >= 11 is 0. The highest BCUT2D eigenvalue weighted by atomic mass is 16.4. The summed E-state index contributed by atoms with van der Waals surface area (Å²) in [5.41, 5.74) is 0.0674. The predicted octanol–water partition coefficient (Wildman–Crippen LogP) is 1.87. The van der Waals surface area contributed by atoms with E-state index in [2.05, 4.69) is 0 Å². The fourth-order valence-electron chi connectivity index (χ4n) is 3.15. The number of nitrogens with zero attached hydrogens (tertiary/aromatic N) is 1. The Morgan fingerprint density at radius 3 is 2.00 bits per heavy atom. The van der Waals surface area contributed by atoms with E-state index in [1.54, 1.807) is 13.8 Å². The fraction of sp³-hybridized carbons (Fsp3) is 0.643. The van der Waals surface area contributed by atoms with Gasteiger partial charge in [-0.3, -0.25) is 19.3 Å². The summed E-state index contributed by atoms with van der Waals surface area (Å²) in [6.07, 6.45) is 3.80. The van der Waals surface area contributed by atoms with Crippen LogP contribution in [0.5, 0.6) is 0 Å². The summed E-state index contributed by atoms with van der Waals surface area (Å²) in [5, 5.41) is 9.13. The zero-order chi connectivity index (χ0) is 14.2. The van der Waals surface area contributed by atoms with E-state index in [0.29, 0.717) is 24.0 Å². The summed E-state index contributed by atoms with van der Waals surface area (Å²) in [6, 6.07) is 0. The number of amides is 2. The minimum absolute atomic E-state index is 0.148. The Kier molecular flexibility index (Phi) is 3.47. The lowest BCUT2D eigenvalue weighted by Crippen LogP contribution is -2.54. The van der Waals surface area contributed by atoms with Crippen molar-refractivity contribution in [3.8, 4) is 0 Å². The molecular formula is C14H19NO4. The third kappa shape index (κ3) is 2.17. The fourth-order valence-corrected chi connectivity index (χ4v) is 3.15. The number of carbonyl (C=O) groups is 3. The van der Waals surface area contributed by atoms with Gasteiger partial charge in [0.25, 0.3) is 11.8 Å². The largest absolute Gasteiger partial charge is 0.481 e. The van der Waals surface area contributed by atoms with Crippen LogP contribution in [0.1, 0.15) is 52.4 Å². The molecule has 1 aliphatic heterocycles. The molecule has 2 aliphatic rings. The van der Waals surface area contributed by atoms with Crippen LogP contribution in [0.3, 0.4) is 0 Å². The summed E-state index contributed by atoms with van der Waals surface area (Å²) in [5.74, 6) is -1.58. The Balaban J connectivity index is 2.37. The standard InChI is InChI=1S/C14H19NO4/c1-9-10(2)13(19)15(12(9)18)14(8-11(16)17)6-4-3-5-7-14/h3-8H2,1-2H3,(H,16,17). The molecule has 104 valence electrons. The van der Waals surface area contributed by atoms with Gasteiger partial charge >= 0.3 is 5.97 Å². The monoisotopic (exact) mass is 265 g/mol. The first-order chi connectivity index (χ1) is 8.89. The van der Waals surface area contributed by atoms with Gasteiger partial charge in [-0.05, 0) is 26.7 Å². The molecule has 0 bridgehead atoms. The van der Waals surface area contributed by atoms with Crippen molar-refractivity contribution in [1.82, 2.24) is 4.90 Å². The molecule has 1 aliphatic carbocycles. The number of carboxylic acid groups (broad SMARTS) is 1. The number of carboxylic acids is 1. The molecule has 0 aromatic rings. The SMILES string of the molecule is CC1=C(C)C(=O)N(C2(CC(=O)O)CCCCC2)C1=O. The van der Waals surface area contributed by atoms with Crippen molar-refractivity contribution in [2.24, 2.45) is 0 Å². The van der Waals surface area contributed by atoms with Gasteiger partial charge in [-0.25, -0.2) is 0 Å². The van der Waals surface area contributed by atoms with Crippen LogP contribution in [0.15, 0.2) is 11.1 Å². The van der Waals surface area contributed by atoms with Crippen molar-refractivity contribution < 1.29 is 19.5 Å². The average Bonchev–Trinajstić information content (AvgIpc) is 2.54. The smallest absolute Gasteiger partial charge is 0.305 e.